The van der Waals surface area contributed by atoms with Crippen LogP contribution in [0, 0.1) is 5.41 Å². The molecular weight excluding hydrogens is 168 g/mol. The Hall–Kier alpha value is -0.780. The molecule has 0 amide bonds. The Morgan fingerprint density at radius 3 is 2.86 bits per heavy atom. The Kier molecular flexibility index (Phi) is 2.62. The highest BCUT2D eigenvalue weighted by Crippen LogP contribution is 2.37. The first-order valence-corrected chi connectivity index (χ1v) is 5.82. The molecule has 0 heterocycles. The van der Waals surface area contributed by atoms with Crippen molar-refractivity contribution in [2.24, 2.45) is 5.41 Å². The molecule has 0 fully saturated rings. The third-order valence-electron chi connectivity index (χ3n) is 3.73. The van der Waals surface area contributed by atoms with Crippen LogP contribution < -0.4 is 0 Å². The zero-order chi connectivity index (χ0) is 10.0. The average molecular weight is 188 g/mol. The van der Waals surface area contributed by atoms with Gasteiger partial charge >= 0.3 is 0 Å². The fraction of sp³-hybridized carbons (Fsp3) is 0.571. The van der Waals surface area contributed by atoms with Crippen LogP contribution in [0.3, 0.4) is 0 Å². The van der Waals surface area contributed by atoms with Crippen LogP contribution in [-0.2, 0) is 0 Å². The van der Waals surface area contributed by atoms with Gasteiger partial charge in [0.1, 0.15) is 0 Å². The van der Waals surface area contributed by atoms with E-state index >= 15 is 0 Å². The lowest BCUT2D eigenvalue weighted by atomic mass is 9.83. The van der Waals surface area contributed by atoms with Crippen LogP contribution in [-0.4, -0.2) is 0 Å². The van der Waals surface area contributed by atoms with Crippen molar-refractivity contribution in [3.05, 3.63) is 35.5 Å². The number of hydrogen-bond donors (Lipinski definition) is 0. The summed E-state index contributed by atoms with van der Waals surface area (Å²) in [5.41, 5.74) is 3.51. The predicted octanol–water partition coefficient (Wildman–Crippen LogP) is 4.40. The second-order valence-corrected chi connectivity index (χ2v) is 4.81. The Morgan fingerprint density at radius 2 is 2.07 bits per heavy atom. The fourth-order valence-corrected chi connectivity index (χ4v) is 2.26. The van der Waals surface area contributed by atoms with Crippen molar-refractivity contribution >= 4 is 0 Å². The fourth-order valence-electron chi connectivity index (χ4n) is 2.26. The molecule has 0 aromatic carbocycles. The standard InChI is InChI=1S/C14H20/c1-3-14(2)10-8-12-6-4-5-7-13(12)9-11-14/h6-8,10H,3-5,9,11H2,1-2H3. The van der Waals surface area contributed by atoms with Crippen molar-refractivity contribution < 1.29 is 0 Å². The molecule has 1 atom stereocenters. The van der Waals surface area contributed by atoms with Crippen molar-refractivity contribution in [2.45, 2.75) is 46.0 Å². The van der Waals surface area contributed by atoms with Crippen LogP contribution >= 0.6 is 0 Å². The largest absolute Gasteiger partial charge is 0.0804 e. The third-order valence-corrected chi connectivity index (χ3v) is 3.73. The van der Waals surface area contributed by atoms with E-state index in [1.807, 2.05) is 0 Å². The minimum absolute atomic E-state index is 0.430. The lowest BCUT2D eigenvalue weighted by Crippen LogP contribution is -2.10. The van der Waals surface area contributed by atoms with Gasteiger partial charge in [0.05, 0.1) is 0 Å². The van der Waals surface area contributed by atoms with E-state index in [1.165, 1.54) is 37.7 Å². The van der Waals surface area contributed by atoms with Crippen molar-refractivity contribution in [1.82, 2.24) is 0 Å². The van der Waals surface area contributed by atoms with Gasteiger partial charge in [0.2, 0.25) is 0 Å². The van der Waals surface area contributed by atoms with E-state index in [-0.39, 0.29) is 0 Å². The van der Waals surface area contributed by atoms with Gasteiger partial charge < -0.3 is 0 Å². The summed E-state index contributed by atoms with van der Waals surface area (Å²) in [5, 5.41) is 0. The summed E-state index contributed by atoms with van der Waals surface area (Å²) in [6.07, 6.45) is 15.9. The van der Waals surface area contributed by atoms with Crippen LogP contribution in [0.4, 0.5) is 0 Å². The van der Waals surface area contributed by atoms with E-state index in [1.54, 1.807) is 5.57 Å². The van der Waals surface area contributed by atoms with E-state index in [0.717, 1.165) is 0 Å². The second-order valence-electron chi connectivity index (χ2n) is 4.81. The summed E-state index contributed by atoms with van der Waals surface area (Å²) < 4.78 is 0. The molecule has 0 saturated carbocycles. The van der Waals surface area contributed by atoms with E-state index in [9.17, 15) is 0 Å². The molecule has 0 aliphatic heterocycles. The summed E-state index contributed by atoms with van der Waals surface area (Å²) in [5.74, 6) is 0. The first-order chi connectivity index (χ1) is 6.73. The van der Waals surface area contributed by atoms with Crippen LogP contribution in [0.5, 0.6) is 0 Å². The monoisotopic (exact) mass is 188 g/mol. The molecule has 0 bridgehead atoms. The molecule has 0 heteroatoms. The molecule has 0 aromatic rings. The van der Waals surface area contributed by atoms with Gasteiger partial charge in [-0.2, -0.15) is 0 Å². The Bertz CT molecular complexity index is 304. The summed E-state index contributed by atoms with van der Waals surface area (Å²) >= 11 is 0. The van der Waals surface area contributed by atoms with Crippen LogP contribution in [0.15, 0.2) is 35.5 Å². The van der Waals surface area contributed by atoms with Gasteiger partial charge in [-0.05, 0) is 48.7 Å². The van der Waals surface area contributed by atoms with Crippen LogP contribution in [0.2, 0.25) is 0 Å². The molecule has 0 saturated heterocycles. The second kappa shape index (κ2) is 3.76. The molecule has 0 spiro atoms. The molecule has 0 nitrogen and oxygen atoms in total. The Morgan fingerprint density at radius 1 is 1.29 bits per heavy atom. The number of allylic oxidation sites excluding steroid dienone is 6. The van der Waals surface area contributed by atoms with E-state index in [4.69, 9.17) is 0 Å². The zero-order valence-electron chi connectivity index (χ0n) is 9.34. The number of rotatable bonds is 1. The van der Waals surface area contributed by atoms with Gasteiger partial charge in [0, 0.05) is 0 Å². The molecule has 1 unspecified atom stereocenters. The lowest BCUT2D eigenvalue weighted by molar-refractivity contribution is 0.381. The van der Waals surface area contributed by atoms with Gasteiger partial charge in [-0.3, -0.25) is 0 Å². The highest BCUT2D eigenvalue weighted by atomic mass is 14.3. The summed E-state index contributed by atoms with van der Waals surface area (Å²) in [7, 11) is 0. The molecular formula is C14H20. The van der Waals surface area contributed by atoms with Crippen molar-refractivity contribution in [3.63, 3.8) is 0 Å². The summed E-state index contributed by atoms with van der Waals surface area (Å²) in [4.78, 5) is 0. The zero-order valence-corrected chi connectivity index (χ0v) is 9.34. The van der Waals surface area contributed by atoms with Gasteiger partial charge in [0.25, 0.3) is 0 Å². The van der Waals surface area contributed by atoms with Crippen LogP contribution in [0.25, 0.3) is 0 Å². The smallest absolute Gasteiger partial charge is 0.0143 e. The van der Waals surface area contributed by atoms with E-state index in [0.29, 0.717) is 5.41 Å². The maximum Gasteiger partial charge on any atom is -0.0143 e. The summed E-state index contributed by atoms with van der Waals surface area (Å²) in [6, 6.07) is 0. The van der Waals surface area contributed by atoms with Gasteiger partial charge in [0.15, 0.2) is 0 Å². The number of fused-ring (bicyclic) bond motifs is 1. The normalized spacial score (nSPS) is 31.6. The minimum Gasteiger partial charge on any atom is -0.0804 e. The van der Waals surface area contributed by atoms with Crippen molar-refractivity contribution in [1.29, 1.82) is 0 Å². The summed E-state index contributed by atoms with van der Waals surface area (Å²) in [6.45, 7) is 4.67. The molecule has 2 aliphatic rings. The number of hydrogen-bond acceptors (Lipinski definition) is 0. The Balaban J connectivity index is 2.25. The topological polar surface area (TPSA) is 0 Å². The van der Waals surface area contributed by atoms with Gasteiger partial charge in [-0.1, -0.05) is 38.2 Å². The molecule has 0 radical (unpaired) electrons. The molecule has 2 rings (SSSR count). The molecule has 76 valence electrons. The maximum absolute atomic E-state index is 2.43. The molecule has 14 heavy (non-hydrogen) atoms. The first kappa shape index (κ1) is 9.76. The predicted molar refractivity (Wildman–Crippen MR) is 62.2 cm³/mol. The Labute approximate surface area is 87.4 Å². The maximum atomic E-state index is 2.43. The van der Waals surface area contributed by atoms with Gasteiger partial charge in [-0.25, -0.2) is 0 Å². The van der Waals surface area contributed by atoms with Gasteiger partial charge in [-0.15, -0.1) is 0 Å². The SMILES string of the molecule is CCC1(C)C=CC2=CCCC=C2CC1. The molecule has 2 aliphatic carbocycles. The average Bonchev–Trinajstić information content (AvgIpc) is 2.40. The highest BCUT2D eigenvalue weighted by molar-refractivity contribution is 5.43. The quantitative estimate of drug-likeness (QED) is 0.572. The van der Waals surface area contributed by atoms with Crippen molar-refractivity contribution in [3.8, 4) is 0 Å². The molecule has 0 aromatic heterocycles. The molecule has 0 N–H and O–H groups in total. The minimum atomic E-state index is 0.430. The van der Waals surface area contributed by atoms with Crippen LogP contribution in [0.1, 0.15) is 46.0 Å². The first-order valence-electron chi connectivity index (χ1n) is 5.82. The lowest BCUT2D eigenvalue weighted by Gasteiger charge is -2.22. The van der Waals surface area contributed by atoms with E-state index in [2.05, 4.69) is 38.2 Å². The van der Waals surface area contributed by atoms with E-state index < -0.39 is 0 Å². The van der Waals surface area contributed by atoms with Crippen molar-refractivity contribution in [2.75, 3.05) is 0 Å². The highest BCUT2D eigenvalue weighted by Gasteiger charge is 2.22. The third kappa shape index (κ3) is 1.84.